The molecule has 0 unspecified atom stereocenters. The molecular formula is C17H18O. The Hall–Kier alpha value is -1.60. The summed E-state index contributed by atoms with van der Waals surface area (Å²) in [6.07, 6.45) is 0.918. The second kappa shape index (κ2) is 3.96. The van der Waals surface area contributed by atoms with Gasteiger partial charge in [-0.3, -0.25) is 0 Å². The molecule has 1 heteroatoms. The molecule has 1 nitrogen and oxygen atoms in total. The Morgan fingerprint density at radius 3 is 1.78 bits per heavy atom. The van der Waals surface area contributed by atoms with Crippen LogP contribution in [0.4, 0.5) is 0 Å². The van der Waals surface area contributed by atoms with Crippen molar-refractivity contribution >= 4 is 0 Å². The van der Waals surface area contributed by atoms with E-state index >= 15 is 0 Å². The van der Waals surface area contributed by atoms with Crippen molar-refractivity contribution in [1.82, 2.24) is 0 Å². The maximum absolute atomic E-state index is 11.3. The Balaban J connectivity index is 2.31. The van der Waals surface area contributed by atoms with Gasteiger partial charge in [-0.15, -0.1) is 0 Å². The minimum atomic E-state index is -0.856. The van der Waals surface area contributed by atoms with Crippen molar-refractivity contribution < 1.29 is 5.11 Å². The van der Waals surface area contributed by atoms with E-state index < -0.39 is 5.60 Å². The minimum absolute atomic E-state index is 0.153. The van der Waals surface area contributed by atoms with Crippen LogP contribution in [-0.4, -0.2) is 5.11 Å². The first-order valence-electron chi connectivity index (χ1n) is 6.53. The third kappa shape index (κ3) is 1.44. The highest BCUT2D eigenvalue weighted by atomic mass is 16.3. The van der Waals surface area contributed by atoms with Crippen LogP contribution >= 0.6 is 0 Å². The highest BCUT2D eigenvalue weighted by Gasteiger charge is 2.40. The number of rotatable bonds is 1. The molecule has 2 aromatic rings. The lowest BCUT2D eigenvalue weighted by Crippen LogP contribution is -2.38. The minimum Gasteiger partial charge on any atom is -0.380 e. The molecule has 0 saturated carbocycles. The Kier molecular flexibility index (Phi) is 2.53. The highest BCUT2D eigenvalue weighted by Crippen LogP contribution is 2.44. The van der Waals surface area contributed by atoms with Crippen LogP contribution in [0.2, 0.25) is 0 Å². The molecule has 3 rings (SSSR count). The van der Waals surface area contributed by atoms with E-state index in [1.54, 1.807) is 0 Å². The molecular weight excluding hydrogens is 220 g/mol. The molecule has 0 amide bonds. The molecule has 0 spiro atoms. The molecule has 0 saturated heterocycles. The number of hydrogen-bond donors (Lipinski definition) is 1. The van der Waals surface area contributed by atoms with E-state index in [9.17, 15) is 5.11 Å². The predicted molar refractivity (Wildman–Crippen MR) is 73.5 cm³/mol. The summed E-state index contributed by atoms with van der Waals surface area (Å²) < 4.78 is 0. The van der Waals surface area contributed by atoms with Gasteiger partial charge in [-0.05, 0) is 34.6 Å². The molecule has 0 aromatic heterocycles. The zero-order valence-corrected chi connectivity index (χ0v) is 10.9. The van der Waals surface area contributed by atoms with Gasteiger partial charge in [0, 0.05) is 0 Å². The van der Waals surface area contributed by atoms with E-state index in [-0.39, 0.29) is 5.92 Å². The molecule has 92 valence electrons. The summed E-state index contributed by atoms with van der Waals surface area (Å²) in [6, 6.07) is 16.5. The Labute approximate surface area is 108 Å². The van der Waals surface area contributed by atoms with Crippen LogP contribution in [0.3, 0.4) is 0 Å². The third-order valence-corrected chi connectivity index (χ3v) is 4.07. The summed E-state index contributed by atoms with van der Waals surface area (Å²) in [6.45, 7) is 4.16. The lowest BCUT2D eigenvalue weighted by atomic mass is 9.69. The Bertz CT molecular complexity index is 538. The van der Waals surface area contributed by atoms with Crippen molar-refractivity contribution in [1.29, 1.82) is 0 Å². The van der Waals surface area contributed by atoms with Gasteiger partial charge in [0.15, 0.2) is 0 Å². The van der Waals surface area contributed by atoms with Crippen LogP contribution in [0, 0.1) is 5.92 Å². The van der Waals surface area contributed by atoms with Gasteiger partial charge in [0.1, 0.15) is 5.60 Å². The van der Waals surface area contributed by atoms with E-state index in [1.165, 1.54) is 11.1 Å². The fourth-order valence-corrected chi connectivity index (χ4v) is 3.06. The molecule has 2 aromatic carbocycles. The number of hydrogen-bond acceptors (Lipinski definition) is 1. The second-order valence-corrected chi connectivity index (χ2v) is 5.41. The fourth-order valence-electron chi connectivity index (χ4n) is 3.06. The first-order valence-corrected chi connectivity index (χ1v) is 6.53. The average molecular weight is 238 g/mol. The molecule has 0 radical (unpaired) electrons. The molecule has 1 aliphatic carbocycles. The molecule has 0 atom stereocenters. The van der Waals surface area contributed by atoms with Crippen molar-refractivity contribution in [3.05, 3.63) is 70.8 Å². The number of fused-ring (bicyclic) bond motifs is 2. The van der Waals surface area contributed by atoms with Gasteiger partial charge in [0.05, 0.1) is 0 Å². The normalized spacial score (nSPS) is 16.2. The summed E-state index contributed by atoms with van der Waals surface area (Å²) in [4.78, 5) is 0. The third-order valence-electron chi connectivity index (χ3n) is 4.07. The van der Waals surface area contributed by atoms with Gasteiger partial charge in [-0.25, -0.2) is 0 Å². The van der Waals surface area contributed by atoms with E-state index in [2.05, 4.69) is 38.1 Å². The summed E-state index contributed by atoms with van der Waals surface area (Å²) in [5, 5.41) is 11.3. The predicted octanol–water partition coefficient (Wildman–Crippen LogP) is 3.48. The summed E-state index contributed by atoms with van der Waals surface area (Å²) >= 11 is 0. The van der Waals surface area contributed by atoms with E-state index in [1.807, 2.05) is 24.3 Å². The molecule has 0 fully saturated rings. The number of benzene rings is 2. The standard InChI is InChI=1S/C17H18O/c1-12(2)17(18)15-9-5-3-7-13(15)11-14-8-4-6-10-16(14)17/h3-10,12,18H,11H2,1-2H3. The zero-order chi connectivity index (χ0) is 12.8. The molecule has 1 N–H and O–H groups in total. The van der Waals surface area contributed by atoms with Gasteiger partial charge in [0.25, 0.3) is 0 Å². The van der Waals surface area contributed by atoms with Crippen LogP contribution < -0.4 is 0 Å². The first kappa shape index (κ1) is 11.5. The average Bonchev–Trinajstić information content (AvgIpc) is 2.39. The van der Waals surface area contributed by atoms with Crippen LogP contribution in [0.1, 0.15) is 36.1 Å². The molecule has 18 heavy (non-hydrogen) atoms. The van der Waals surface area contributed by atoms with Crippen molar-refractivity contribution in [2.45, 2.75) is 25.9 Å². The van der Waals surface area contributed by atoms with Crippen molar-refractivity contribution in [3.8, 4) is 0 Å². The lowest BCUT2D eigenvalue weighted by molar-refractivity contribution is 0.0281. The van der Waals surface area contributed by atoms with Crippen molar-refractivity contribution in [3.63, 3.8) is 0 Å². The molecule has 0 heterocycles. The lowest BCUT2D eigenvalue weighted by Gasteiger charge is -2.39. The molecule has 0 aliphatic heterocycles. The summed E-state index contributed by atoms with van der Waals surface area (Å²) in [7, 11) is 0. The Morgan fingerprint density at radius 2 is 1.33 bits per heavy atom. The van der Waals surface area contributed by atoms with E-state index in [4.69, 9.17) is 0 Å². The van der Waals surface area contributed by atoms with Gasteiger partial charge >= 0.3 is 0 Å². The van der Waals surface area contributed by atoms with Gasteiger partial charge in [-0.2, -0.15) is 0 Å². The molecule has 1 aliphatic rings. The Morgan fingerprint density at radius 1 is 0.889 bits per heavy atom. The smallest absolute Gasteiger partial charge is 0.117 e. The maximum atomic E-state index is 11.3. The van der Waals surface area contributed by atoms with Crippen LogP contribution in [0.5, 0.6) is 0 Å². The van der Waals surface area contributed by atoms with E-state index in [0.29, 0.717) is 0 Å². The van der Waals surface area contributed by atoms with Gasteiger partial charge in [-0.1, -0.05) is 62.4 Å². The maximum Gasteiger partial charge on any atom is 0.117 e. The van der Waals surface area contributed by atoms with Crippen LogP contribution in [0.15, 0.2) is 48.5 Å². The first-order chi connectivity index (χ1) is 8.64. The number of aliphatic hydroxyl groups is 1. The quantitative estimate of drug-likeness (QED) is 0.806. The van der Waals surface area contributed by atoms with E-state index in [0.717, 1.165) is 17.5 Å². The van der Waals surface area contributed by atoms with Crippen LogP contribution in [-0.2, 0) is 12.0 Å². The van der Waals surface area contributed by atoms with Gasteiger partial charge < -0.3 is 5.11 Å². The SMILES string of the molecule is CC(C)C1(O)c2ccccc2Cc2ccccc21. The van der Waals surface area contributed by atoms with Gasteiger partial charge in [0.2, 0.25) is 0 Å². The summed E-state index contributed by atoms with van der Waals surface area (Å²) in [5.74, 6) is 0.153. The van der Waals surface area contributed by atoms with Crippen LogP contribution in [0.25, 0.3) is 0 Å². The van der Waals surface area contributed by atoms with Crippen molar-refractivity contribution in [2.75, 3.05) is 0 Å². The monoisotopic (exact) mass is 238 g/mol. The highest BCUT2D eigenvalue weighted by molar-refractivity contribution is 5.51. The summed E-state index contributed by atoms with van der Waals surface area (Å²) in [5.41, 5.74) is 3.77. The fraction of sp³-hybridized carbons (Fsp3) is 0.294. The molecule has 0 bridgehead atoms. The zero-order valence-electron chi connectivity index (χ0n) is 10.9. The second-order valence-electron chi connectivity index (χ2n) is 5.41. The van der Waals surface area contributed by atoms with Crippen molar-refractivity contribution in [2.24, 2.45) is 5.92 Å². The largest absolute Gasteiger partial charge is 0.380 e. The topological polar surface area (TPSA) is 20.2 Å².